The Bertz CT molecular complexity index is 326. The van der Waals surface area contributed by atoms with Gasteiger partial charge in [0.05, 0.1) is 0 Å². The zero-order valence-electron chi connectivity index (χ0n) is 10.8. The molecule has 0 saturated carbocycles. The highest BCUT2D eigenvalue weighted by atomic mass is 32.2. The Balaban J connectivity index is 2.13. The second-order valence-corrected chi connectivity index (χ2v) is 6.15. The summed E-state index contributed by atoms with van der Waals surface area (Å²) in [5, 5.41) is 3.36. The molecule has 2 unspecified atom stereocenters. The van der Waals surface area contributed by atoms with Crippen molar-refractivity contribution in [2.75, 3.05) is 24.6 Å². The predicted octanol–water partition coefficient (Wildman–Crippen LogP) is 2.54. The quantitative estimate of drug-likeness (QED) is 0.721. The largest absolute Gasteiger partial charge is 0.316 e. The molecule has 0 aromatic heterocycles. The van der Waals surface area contributed by atoms with Crippen LogP contribution in [0.3, 0.4) is 0 Å². The third-order valence-electron chi connectivity index (χ3n) is 2.95. The molecule has 17 heavy (non-hydrogen) atoms. The second-order valence-electron chi connectivity index (χ2n) is 4.28. The molecule has 2 atom stereocenters. The Morgan fingerprint density at radius 1 is 1.24 bits per heavy atom. The lowest BCUT2D eigenvalue weighted by Crippen LogP contribution is -2.23. The lowest BCUT2D eigenvalue weighted by Gasteiger charge is -2.12. The van der Waals surface area contributed by atoms with E-state index in [4.69, 9.17) is 0 Å². The summed E-state index contributed by atoms with van der Waals surface area (Å²) < 4.78 is 11.2. The highest BCUT2D eigenvalue weighted by Gasteiger charge is 2.03. The van der Waals surface area contributed by atoms with Crippen LogP contribution in [0.25, 0.3) is 0 Å². The van der Waals surface area contributed by atoms with Crippen LogP contribution in [0.5, 0.6) is 0 Å². The van der Waals surface area contributed by atoms with E-state index < -0.39 is 10.8 Å². The van der Waals surface area contributed by atoms with Gasteiger partial charge in [-0.2, -0.15) is 0 Å². The number of hydrogen-bond acceptors (Lipinski definition) is 2. The van der Waals surface area contributed by atoms with Crippen molar-refractivity contribution in [2.45, 2.75) is 26.2 Å². The van der Waals surface area contributed by atoms with Gasteiger partial charge in [-0.1, -0.05) is 44.2 Å². The molecule has 0 aliphatic carbocycles. The van der Waals surface area contributed by atoms with Crippen LogP contribution in [0.2, 0.25) is 0 Å². The number of rotatable bonds is 8. The van der Waals surface area contributed by atoms with Crippen LogP contribution in [0, 0.1) is 0 Å². The van der Waals surface area contributed by atoms with E-state index in [1.807, 2.05) is 6.92 Å². The van der Waals surface area contributed by atoms with Gasteiger partial charge in [0.1, 0.15) is 0 Å². The summed E-state index contributed by atoms with van der Waals surface area (Å²) in [5.41, 5.74) is 1.39. The SMILES string of the molecule is CCS(=O)CCNCCC(C)c1ccccc1. The molecule has 0 fully saturated rings. The van der Waals surface area contributed by atoms with Gasteiger partial charge in [-0.25, -0.2) is 0 Å². The summed E-state index contributed by atoms with van der Waals surface area (Å²) in [6.45, 7) is 6.08. The summed E-state index contributed by atoms with van der Waals surface area (Å²) >= 11 is 0. The maximum absolute atomic E-state index is 11.2. The summed E-state index contributed by atoms with van der Waals surface area (Å²) in [4.78, 5) is 0. The fourth-order valence-electron chi connectivity index (χ4n) is 1.72. The predicted molar refractivity (Wildman–Crippen MR) is 75.9 cm³/mol. The van der Waals surface area contributed by atoms with Crippen molar-refractivity contribution in [3.63, 3.8) is 0 Å². The number of hydrogen-bond donors (Lipinski definition) is 1. The zero-order valence-corrected chi connectivity index (χ0v) is 11.6. The van der Waals surface area contributed by atoms with Gasteiger partial charge < -0.3 is 5.32 Å². The molecule has 96 valence electrons. The van der Waals surface area contributed by atoms with Crippen LogP contribution < -0.4 is 5.32 Å². The van der Waals surface area contributed by atoms with Crippen molar-refractivity contribution < 1.29 is 4.21 Å². The lowest BCUT2D eigenvalue weighted by atomic mass is 9.98. The highest BCUT2D eigenvalue weighted by Crippen LogP contribution is 2.17. The van der Waals surface area contributed by atoms with Crippen LogP contribution in [-0.4, -0.2) is 28.8 Å². The van der Waals surface area contributed by atoms with E-state index in [1.165, 1.54) is 5.56 Å². The smallest absolute Gasteiger partial charge is 0.0359 e. The van der Waals surface area contributed by atoms with Gasteiger partial charge in [-0.15, -0.1) is 0 Å². The van der Waals surface area contributed by atoms with Gasteiger partial charge in [0, 0.05) is 28.9 Å². The zero-order chi connectivity index (χ0) is 12.5. The van der Waals surface area contributed by atoms with Crippen LogP contribution in [0.1, 0.15) is 31.7 Å². The van der Waals surface area contributed by atoms with Crippen LogP contribution in [0.4, 0.5) is 0 Å². The van der Waals surface area contributed by atoms with Gasteiger partial charge in [-0.3, -0.25) is 4.21 Å². The molecule has 0 bridgehead atoms. The molecule has 1 aromatic rings. The molecule has 2 nitrogen and oxygen atoms in total. The standard InChI is InChI=1S/C14H23NOS/c1-3-17(16)12-11-15-10-9-13(2)14-7-5-4-6-8-14/h4-8,13,15H,3,9-12H2,1-2H3. The Labute approximate surface area is 107 Å². The molecule has 0 aliphatic heterocycles. The van der Waals surface area contributed by atoms with E-state index in [0.717, 1.165) is 31.0 Å². The monoisotopic (exact) mass is 253 g/mol. The summed E-state index contributed by atoms with van der Waals surface area (Å²) in [6.07, 6.45) is 1.13. The number of nitrogens with one attached hydrogen (secondary N) is 1. The van der Waals surface area contributed by atoms with Crippen molar-refractivity contribution in [3.8, 4) is 0 Å². The van der Waals surface area contributed by atoms with Crippen LogP contribution in [-0.2, 0) is 10.8 Å². The van der Waals surface area contributed by atoms with E-state index in [-0.39, 0.29) is 0 Å². The van der Waals surface area contributed by atoms with Crippen molar-refractivity contribution >= 4 is 10.8 Å². The minimum atomic E-state index is -0.640. The highest BCUT2D eigenvalue weighted by molar-refractivity contribution is 7.84. The van der Waals surface area contributed by atoms with E-state index in [2.05, 4.69) is 42.6 Å². The second kappa shape index (κ2) is 8.43. The number of benzene rings is 1. The van der Waals surface area contributed by atoms with Crippen LogP contribution >= 0.6 is 0 Å². The molecular formula is C14H23NOS. The third kappa shape index (κ3) is 5.99. The molecule has 0 aliphatic rings. The van der Waals surface area contributed by atoms with Gasteiger partial charge >= 0.3 is 0 Å². The van der Waals surface area contributed by atoms with Crippen molar-refractivity contribution in [3.05, 3.63) is 35.9 Å². The minimum absolute atomic E-state index is 0.584. The van der Waals surface area contributed by atoms with Gasteiger partial charge in [0.25, 0.3) is 0 Å². The summed E-state index contributed by atoms with van der Waals surface area (Å²) in [7, 11) is -0.640. The maximum Gasteiger partial charge on any atom is 0.0359 e. The lowest BCUT2D eigenvalue weighted by molar-refractivity contribution is 0.607. The molecule has 3 heteroatoms. The first-order chi connectivity index (χ1) is 8.24. The Morgan fingerprint density at radius 3 is 2.59 bits per heavy atom. The molecule has 0 amide bonds. The minimum Gasteiger partial charge on any atom is -0.316 e. The van der Waals surface area contributed by atoms with Crippen molar-refractivity contribution in [1.82, 2.24) is 5.32 Å². The van der Waals surface area contributed by atoms with Gasteiger partial charge in [-0.05, 0) is 24.4 Å². The molecule has 1 rings (SSSR count). The first-order valence-corrected chi connectivity index (χ1v) is 7.83. The van der Waals surface area contributed by atoms with Crippen molar-refractivity contribution in [2.24, 2.45) is 0 Å². The molecule has 1 aromatic carbocycles. The van der Waals surface area contributed by atoms with E-state index in [1.54, 1.807) is 0 Å². The Morgan fingerprint density at radius 2 is 1.94 bits per heavy atom. The Hall–Kier alpha value is -0.670. The Kier molecular flexibility index (Phi) is 7.13. The van der Waals surface area contributed by atoms with Gasteiger partial charge in [0.15, 0.2) is 0 Å². The fraction of sp³-hybridized carbons (Fsp3) is 0.571. The normalized spacial score (nSPS) is 14.5. The summed E-state index contributed by atoms with van der Waals surface area (Å²) in [5.74, 6) is 2.12. The third-order valence-corrected chi connectivity index (χ3v) is 4.25. The maximum atomic E-state index is 11.2. The molecule has 0 radical (unpaired) electrons. The molecule has 0 spiro atoms. The first-order valence-electron chi connectivity index (χ1n) is 6.34. The molecule has 0 heterocycles. The fourth-order valence-corrected chi connectivity index (χ4v) is 2.38. The van der Waals surface area contributed by atoms with Crippen molar-refractivity contribution in [1.29, 1.82) is 0 Å². The molecule has 0 saturated heterocycles. The first kappa shape index (κ1) is 14.4. The summed E-state index contributed by atoms with van der Waals surface area (Å²) in [6, 6.07) is 10.6. The van der Waals surface area contributed by atoms with E-state index in [9.17, 15) is 4.21 Å². The molecule has 1 N–H and O–H groups in total. The average molecular weight is 253 g/mol. The topological polar surface area (TPSA) is 29.1 Å². The average Bonchev–Trinajstić information content (AvgIpc) is 2.38. The van der Waals surface area contributed by atoms with E-state index in [0.29, 0.717) is 5.92 Å². The van der Waals surface area contributed by atoms with Crippen LogP contribution in [0.15, 0.2) is 30.3 Å². The van der Waals surface area contributed by atoms with Gasteiger partial charge in [0.2, 0.25) is 0 Å². The molecular weight excluding hydrogens is 230 g/mol. The van der Waals surface area contributed by atoms with E-state index >= 15 is 0 Å².